The largest absolute Gasteiger partial charge is 0.348 e. The maximum atomic E-state index is 12.0. The van der Waals surface area contributed by atoms with Gasteiger partial charge in [-0.1, -0.05) is 17.7 Å². The third kappa shape index (κ3) is 2.85. The summed E-state index contributed by atoms with van der Waals surface area (Å²) in [7, 11) is 1.90. The van der Waals surface area contributed by atoms with Gasteiger partial charge >= 0.3 is 0 Å². The van der Waals surface area contributed by atoms with Gasteiger partial charge in [-0.25, -0.2) is 0 Å². The van der Waals surface area contributed by atoms with Crippen LogP contribution in [0.1, 0.15) is 21.6 Å². The van der Waals surface area contributed by atoms with E-state index >= 15 is 0 Å². The van der Waals surface area contributed by atoms with Gasteiger partial charge in [0.1, 0.15) is 0 Å². The summed E-state index contributed by atoms with van der Waals surface area (Å²) in [6, 6.07) is 10.1. The van der Waals surface area contributed by atoms with E-state index in [1.807, 2.05) is 29.9 Å². The van der Waals surface area contributed by atoms with Gasteiger partial charge < -0.3 is 4.57 Å². The van der Waals surface area contributed by atoms with E-state index in [-0.39, 0.29) is 5.78 Å². The Morgan fingerprint density at radius 2 is 2.06 bits per heavy atom. The maximum absolute atomic E-state index is 12.0. The van der Waals surface area contributed by atoms with Crippen LogP contribution in [0.15, 0.2) is 41.4 Å². The maximum Gasteiger partial charge on any atom is 0.189 e. The lowest BCUT2D eigenvalue weighted by atomic mass is 10.2. The Hall–Kier alpha value is -1.48. The van der Waals surface area contributed by atoms with Crippen LogP contribution in [0.2, 0.25) is 0 Å². The number of ketones is 1. The molecule has 1 heterocycles. The highest BCUT2D eigenvalue weighted by molar-refractivity contribution is 8.00. The standard InChI is InChI=1S/C15H17NOS/c1-11-6-7-15(12(2)9-11)18-10-14(17)13-5-4-8-16(13)3/h4-9H,10H2,1-3H3. The molecule has 0 fully saturated rings. The summed E-state index contributed by atoms with van der Waals surface area (Å²) < 4.78 is 1.87. The summed E-state index contributed by atoms with van der Waals surface area (Å²) >= 11 is 1.61. The zero-order valence-corrected chi connectivity index (χ0v) is 11.8. The second-order valence-electron chi connectivity index (χ2n) is 4.49. The van der Waals surface area contributed by atoms with Crippen LogP contribution < -0.4 is 0 Å². The number of hydrogen-bond donors (Lipinski definition) is 0. The lowest BCUT2D eigenvalue weighted by molar-refractivity contribution is 0.101. The first kappa shape index (κ1) is 13.0. The first-order chi connectivity index (χ1) is 8.58. The highest BCUT2D eigenvalue weighted by Gasteiger charge is 2.10. The van der Waals surface area contributed by atoms with Crippen molar-refractivity contribution in [3.8, 4) is 0 Å². The normalized spacial score (nSPS) is 10.6. The third-order valence-corrected chi connectivity index (χ3v) is 4.09. The van der Waals surface area contributed by atoms with Crippen LogP contribution in [0.5, 0.6) is 0 Å². The zero-order valence-electron chi connectivity index (χ0n) is 10.9. The summed E-state index contributed by atoms with van der Waals surface area (Å²) in [6.07, 6.45) is 1.90. The summed E-state index contributed by atoms with van der Waals surface area (Å²) in [4.78, 5) is 13.2. The lowest BCUT2D eigenvalue weighted by Crippen LogP contribution is -2.07. The molecule has 0 saturated heterocycles. The monoisotopic (exact) mass is 259 g/mol. The van der Waals surface area contributed by atoms with Crippen LogP contribution in [0.4, 0.5) is 0 Å². The van der Waals surface area contributed by atoms with Crippen LogP contribution in [-0.4, -0.2) is 16.1 Å². The Bertz CT molecular complexity index is 572. The number of aryl methyl sites for hydroxylation is 3. The molecule has 0 aliphatic rings. The van der Waals surface area contributed by atoms with Gasteiger partial charge in [0.15, 0.2) is 5.78 Å². The number of aromatic nitrogens is 1. The molecule has 0 spiro atoms. The van der Waals surface area contributed by atoms with Crippen molar-refractivity contribution >= 4 is 17.5 Å². The molecular weight excluding hydrogens is 242 g/mol. The van der Waals surface area contributed by atoms with Crippen molar-refractivity contribution in [3.63, 3.8) is 0 Å². The van der Waals surface area contributed by atoms with Gasteiger partial charge in [0.05, 0.1) is 11.4 Å². The van der Waals surface area contributed by atoms with E-state index in [4.69, 9.17) is 0 Å². The Balaban J connectivity index is 2.04. The van der Waals surface area contributed by atoms with Gasteiger partial charge in [-0.05, 0) is 37.6 Å². The molecule has 2 aromatic rings. The number of hydrogen-bond acceptors (Lipinski definition) is 2. The van der Waals surface area contributed by atoms with E-state index in [9.17, 15) is 4.79 Å². The number of carbonyl (C=O) groups excluding carboxylic acids is 1. The Morgan fingerprint density at radius 1 is 1.28 bits per heavy atom. The quantitative estimate of drug-likeness (QED) is 0.618. The molecule has 0 bridgehead atoms. The van der Waals surface area contributed by atoms with Crippen molar-refractivity contribution in [2.45, 2.75) is 18.7 Å². The fourth-order valence-corrected chi connectivity index (χ4v) is 2.81. The van der Waals surface area contributed by atoms with Crippen LogP contribution >= 0.6 is 11.8 Å². The highest BCUT2D eigenvalue weighted by Crippen LogP contribution is 2.24. The molecule has 1 aromatic heterocycles. The predicted molar refractivity (Wildman–Crippen MR) is 76.4 cm³/mol. The minimum Gasteiger partial charge on any atom is -0.348 e. The van der Waals surface area contributed by atoms with Crippen molar-refractivity contribution in [1.82, 2.24) is 4.57 Å². The Kier molecular flexibility index (Phi) is 3.92. The highest BCUT2D eigenvalue weighted by atomic mass is 32.2. The van der Waals surface area contributed by atoms with E-state index in [1.54, 1.807) is 11.8 Å². The first-order valence-electron chi connectivity index (χ1n) is 5.92. The van der Waals surface area contributed by atoms with Crippen LogP contribution in [0.3, 0.4) is 0 Å². The van der Waals surface area contributed by atoms with Gasteiger partial charge in [0, 0.05) is 18.1 Å². The minimum atomic E-state index is 0.174. The van der Waals surface area contributed by atoms with Crippen molar-refractivity contribution < 1.29 is 4.79 Å². The Labute approximate surface area is 112 Å². The average molecular weight is 259 g/mol. The molecule has 0 radical (unpaired) electrons. The lowest BCUT2D eigenvalue weighted by Gasteiger charge is -2.06. The van der Waals surface area contributed by atoms with E-state index in [0.29, 0.717) is 5.75 Å². The van der Waals surface area contributed by atoms with E-state index in [1.165, 1.54) is 16.0 Å². The molecule has 2 rings (SSSR count). The second kappa shape index (κ2) is 5.44. The smallest absolute Gasteiger partial charge is 0.189 e. The van der Waals surface area contributed by atoms with Crippen molar-refractivity contribution in [2.24, 2.45) is 7.05 Å². The Morgan fingerprint density at radius 3 is 2.67 bits per heavy atom. The van der Waals surface area contributed by atoms with Gasteiger partial charge in [0.2, 0.25) is 0 Å². The van der Waals surface area contributed by atoms with Gasteiger partial charge in [-0.15, -0.1) is 11.8 Å². The first-order valence-corrected chi connectivity index (χ1v) is 6.91. The molecule has 0 unspecified atom stereocenters. The molecule has 0 saturated carbocycles. The summed E-state index contributed by atoms with van der Waals surface area (Å²) in [6.45, 7) is 4.17. The molecule has 18 heavy (non-hydrogen) atoms. The molecule has 0 aliphatic heterocycles. The molecule has 0 aliphatic carbocycles. The van der Waals surface area contributed by atoms with E-state index in [0.717, 1.165) is 5.69 Å². The molecule has 1 aromatic carbocycles. The molecule has 0 atom stereocenters. The topological polar surface area (TPSA) is 22.0 Å². The summed E-state index contributed by atoms with van der Waals surface area (Å²) in [5, 5.41) is 0. The molecule has 2 nitrogen and oxygen atoms in total. The predicted octanol–water partition coefficient (Wildman–Crippen LogP) is 3.62. The van der Waals surface area contributed by atoms with Crippen LogP contribution in [0, 0.1) is 13.8 Å². The molecule has 0 amide bonds. The number of thioether (sulfide) groups is 1. The van der Waals surface area contributed by atoms with Crippen molar-refractivity contribution in [3.05, 3.63) is 53.3 Å². The molecular formula is C15H17NOS. The van der Waals surface area contributed by atoms with Crippen molar-refractivity contribution in [2.75, 3.05) is 5.75 Å². The second-order valence-corrected chi connectivity index (χ2v) is 5.50. The third-order valence-electron chi connectivity index (χ3n) is 2.92. The number of carbonyl (C=O) groups is 1. The van der Waals surface area contributed by atoms with Gasteiger partial charge in [-0.2, -0.15) is 0 Å². The fraction of sp³-hybridized carbons (Fsp3) is 0.267. The van der Waals surface area contributed by atoms with E-state index < -0.39 is 0 Å². The van der Waals surface area contributed by atoms with Crippen molar-refractivity contribution in [1.29, 1.82) is 0 Å². The van der Waals surface area contributed by atoms with Crippen LogP contribution in [-0.2, 0) is 7.05 Å². The molecule has 0 N–H and O–H groups in total. The zero-order chi connectivity index (χ0) is 13.1. The SMILES string of the molecule is Cc1ccc(SCC(=O)c2cccn2C)c(C)c1. The number of nitrogens with zero attached hydrogens (tertiary/aromatic N) is 1. The van der Waals surface area contributed by atoms with Crippen LogP contribution in [0.25, 0.3) is 0 Å². The van der Waals surface area contributed by atoms with E-state index in [2.05, 4.69) is 32.0 Å². The van der Waals surface area contributed by atoms with Gasteiger partial charge in [-0.3, -0.25) is 4.79 Å². The van der Waals surface area contributed by atoms with Gasteiger partial charge in [0.25, 0.3) is 0 Å². The fourth-order valence-electron chi connectivity index (χ4n) is 1.93. The summed E-state index contributed by atoms with van der Waals surface area (Å²) in [5.74, 6) is 0.661. The number of benzene rings is 1. The average Bonchev–Trinajstić information content (AvgIpc) is 2.74. The number of rotatable bonds is 4. The minimum absolute atomic E-state index is 0.174. The molecule has 3 heteroatoms. The number of Topliss-reactive ketones (excluding diaryl/α,β-unsaturated/α-hetero) is 1. The molecule has 94 valence electrons. The summed E-state index contributed by atoms with van der Waals surface area (Å²) in [5.41, 5.74) is 3.26.